The summed E-state index contributed by atoms with van der Waals surface area (Å²) < 4.78 is 5.36. The standard InChI is InChI=1S/C22H21N3O3/c26-20-12-28-19-10-9-13(11-18(19)24-20)23-22(27)16-7-4-6-15-14-5-2-1-3-8-17(14)25-21(15)16/h4,6-7,9-11,25H,1-3,5,8,12H2,(H,23,27)(H,24,26). The van der Waals surface area contributed by atoms with Crippen molar-refractivity contribution in [2.45, 2.75) is 32.1 Å². The smallest absolute Gasteiger partial charge is 0.262 e. The summed E-state index contributed by atoms with van der Waals surface area (Å²) in [5.41, 5.74) is 5.33. The third-order valence-electron chi connectivity index (χ3n) is 5.50. The van der Waals surface area contributed by atoms with Gasteiger partial charge in [-0.2, -0.15) is 0 Å². The van der Waals surface area contributed by atoms with E-state index in [2.05, 4.69) is 21.7 Å². The topological polar surface area (TPSA) is 83.2 Å². The lowest BCUT2D eigenvalue weighted by atomic mass is 10.0. The van der Waals surface area contributed by atoms with Gasteiger partial charge in [-0.15, -0.1) is 0 Å². The predicted octanol–water partition coefficient (Wildman–Crippen LogP) is 4.02. The highest BCUT2D eigenvalue weighted by molar-refractivity contribution is 6.13. The number of para-hydroxylation sites is 1. The van der Waals surface area contributed by atoms with Gasteiger partial charge in [0.2, 0.25) is 0 Å². The summed E-state index contributed by atoms with van der Waals surface area (Å²) >= 11 is 0. The van der Waals surface area contributed by atoms with Crippen molar-refractivity contribution in [1.29, 1.82) is 0 Å². The fraction of sp³-hybridized carbons (Fsp3) is 0.273. The monoisotopic (exact) mass is 375 g/mol. The van der Waals surface area contributed by atoms with Crippen molar-refractivity contribution in [3.05, 3.63) is 53.2 Å². The first kappa shape index (κ1) is 16.9. The number of fused-ring (bicyclic) bond motifs is 4. The van der Waals surface area contributed by atoms with Gasteiger partial charge >= 0.3 is 0 Å². The first-order valence-electron chi connectivity index (χ1n) is 9.69. The number of amides is 2. The van der Waals surface area contributed by atoms with Crippen molar-refractivity contribution in [2.24, 2.45) is 0 Å². The van der Waals surface area contributed by atoms with E-state index in [9.17, 15) is 9.59 Å². The zero-order valence-corrected chi connectivity index (χ0v) is 15.4. The van der Waals surface area contributed by atoms with E-state index in [1.807, 2.05) is 12.1 Å². The van der Waals surface area contributed by atoms with Crippen molar-refractivity contribution >= 4 is 34.1 Å². The Labute approximate surface area is 162 Å². The molecule has 0 saturated carbocycles. The van der Waals surface area contributed by atoms with Crippen LogP contribution in [0.3, 0.4) is 0 Å². The molecular weight excluding hydrogens is 354 g/mol. The van der Waals surface area contributed by atoms with Gasteiger partial charge in [0.05, 0.1) is 16.8 Å². The van der Waals surface area contributed by atoms with Crippen LogP contribution in [-0.4, -0.2) is 23.4 Å². The molecule has 142 valence electrons. The number of rotatable bonds is 2. The molecule has 5 rings (SSSR count). The number of carbonyl (C=O) groups is 2. The molecule has 0 spiro atoms. The van der Waals surface area contributed by atoms with E-state index < -0.39 is 0 Å². The average Bonchev–Trinajstić information content (AvgIpc) is 2.88. The summed E-state index contributed by atoms with van der Waals surface area (Å²) in [6.07, 6.45) is 5.73. The largest absolute Gasteiger partial charge is 0.482 e. The Hall–Kier alpha value is -3.28. The van der Waals surface area contributed by atoms with Gasteiger partial charge in [0.15, 0.2) is 6.61 Å². The minimum absolute atomic E-state index is 0.0121. The maximum Gasteiger partial charge on any atom is 0.262 e. The second-order valence-electron chi connectivity index (χ2n) is 7.37. The van der Waals surface area contributed by atoms with E-state index in [1.165, 1.54) is 30.5 Å². The predicted molar refractivity (Wildman–Crippen MR) is 108 cm³/mol. The normalized spacial score (nSPS) is 15.8. The molecule has 0 bridgehead atoms. The van der Waals surface area contributed by atoms with Crippen molar-refractivity contribution in [3.63, 3.8) is 0 Å². The molecule has 2 heterocycles. The third-order valence-corrected chi connectivity index (χ3v) is 5.50. The van der Waals surface area contributed by atoms with Crippen LogP contribution in [0.4, 0.5) is 11.4 Å². The van der Waals surface area contributed by atoms with Gasteiger partial charge in [-0.1, -0.05) is 18.6 Å². The highest BCUT2D eigenvalue weighted by Crippen LogP contribution is 2.32. The van der Waals surface area contributed by atoms with Crippen molar-refractivity contribution in [2.75, 3.05) is 17.2 Å². The number of H-pyrrole nitrogens is 1. The van der Waals surface area contributed by atoms with E-state index in [0.29, 0.717) is 22.7 Å². The summed E-state index contributed by atoms with van der Waals surface area (Å²) in [5.74, 6) is 0.228. The quantitative estimate of drug-likeness (QED) is 0.592. The van der Waals surface area contributed by atoms with Crippen LogP contribution in [0, 0.1) is 0 Å². The van der Waals surface area contributed by atoms with Crippen LogP contribution in [0.5, 0.6) is 5.75 Å². The highest BCUT2D eigenvalue weighted by Gasteiger charge is 2.20. The van der Waals surface area contributed by atoms with Crippen LogP contribution < -0.4 is 15.4 Å². The summed E-state index contributed by atoms with van der Waals surface area (Å²) in [7, 11) is 0. The minimum Gasteiger partial charge on any atom is -0.482 e. The molecule has 6 heteroatoms. The van der Waals surface area contributed by atoms with Crippen LogP contribution in [0.1, 0.15) is 40.9 Å². The minimum atomic E-state index is -0.200. The molecule has 0 radical (unpaired) electrons. The Kier molecular flexibility index (Phi) is 4.04. The molecule has 0 saturated heterocycles. The number of ether oxygens (including phenoxy) is 1. The lowest BCUT2D eigenvalue weighted by Crippen LogP contribution is -2.25. The summed E-state index contributed by atoms with van der Waals surface area (Å²) in [5, 5.41) is 6.85. The highest BCUT2D eigenvalue weighted by atomic mass is 16.5. The fourth-order valence-electron chi connectivity index (χ4n) is 4.16. The van der Waals surface area contributed by atoms with Crippen LogP contribution in [0.15, 0.2) is 36.4 Å². The number of benzene rings is 2. The molecule has 3 aromatic rings. The average molecular weight is 375 g/mol. The van der Waals surface area contributed by atoms with Crippen LogP contribution in [0.25, 0.3) is 10.9 Å². The number of hydrogen-bond acceptors (Lipinski definition) is 3. The maximum atomic E-state index is 13.0. The second-order valence-corrected chi connectivity index (χ2v) is 7.37. The Balaban J connectivity index is 1.47. The zero-order valence-electron chi connectivity index (χ0n) is 15.4. The molecular formula is C22H21N3O3. The van der Waals surface area contributed by atoms with Gasteiger partial charge in [0, 0.05) is 16.8 Å². The molecule has 0 unspecified atom stereocenters. The van der Waals surface area contributed by atoms with Crippen LogP contribution >= 0.6 is 0 Å². The van der Waals surface area contributed by atoms with E-state index in [1.54, 1.807) is 18.2 Å². The summed E-state index contributed by atoms with van der Waals surface area (Å²) in [4.78, 5) is 28.0. The number of anilines is 2. The van der Waals surface area contributed by atoms with Crippen LogP contribution in [0.2, 0.25) is 0 Å². The summed E-state index contributed by atoms with van der Waals surface area (Å²) in [6, 6.07) is 11.1. The van der Waals surface area contributed by atoms with E-state index in [0.717, 1.165) is 23.7 Å². The maximum absolute atomic E-state index is 13.0. The molecule has 0 fully saturated rings. The van der Waals surface area contributed by atoms with Crippen molar-refractivity contribution in [3.8, 4) is 5.75 Å². The van der Waals surface area contributed by atoms with E-state index >= 15 is 0 Å². The molecule has 0 atom stereocenters. The van der Waals surface area contributed by atoms with E-state index in [4.69, 9.17) is 4.74 Å². The SMILES string of the molecule is O=C1COc2ccc(NC(=O)c3cccc4c5c([nH]c34)CCCCC5)cc2N1. The lowest BCUT2D eigenvalue weighted by Gasteiger charge is -2.18. The van der Waals surface area contributed by atoms with E-state index in [-0.39, 0.29) is 18.4 Å². The third kappa shape index (κ3) is 2.91. The lowest BCUT2D eigenvalue weighted by molar-refractivity contribution is -0.118. The molecule has 1 aliphatic heterocycles. The zero-order chi connectivity index (χ0) is 19.1. The number of aryl methyl sites for hydroxylation is 2. The molecule has 3 N–H and O–H groups in total. The van der Waals surface area contributed by atoms with Crippen LogP contribution in [-0.2, 0) is 17.6 Å². The molecule has 2 amide bonds. The Morgan fingerprint density at radius 1 is 1.07 bits per heavy atom. The number of nitrogens with one attached hydrogen (secondary N) is 3. The first-order valence-corrected chi connectivity index (χ1v) is 9.69. The molecule has 2 aromatic carbocycles. The second kappa shape index (κ2) is 6.71. The number of hydrogen-bond donors (Lipinski definition) is 3. The Morgan fingerprint density at radius 2 is 1.96 bits per heavy atom. The number of aromatic nitrogens is 1. The number of carbonyl (C=O) groups excluding carboxylic acids is 2. The molecule has 2 aliphatic rings. The van der Waals surface area contributed by atoms with Gasteiger partial charge in [-0.05, 0) is 55.5 Å². The van der Waals surface area contributed by atoms with Crippen molar-refractivity contribution in [1.82, 2.24) is 4.98 Å². The van der Waals surface area contributed by atoms with Gasteiger partial charge in [0.1, 0.15) is 5.75 Å². The Bertz CT molecular complexity index is 1100. The first-order chi connectivity index (χ1) is 13.7. The molecule has 1 aliphatic carbocycles. The molecule has 28 heavy (non-hydrogen) atoms. The van der Waals surface area contributed by atoms with Gasteiger partial charge in [-0.25, -0.2) is 0 Å². The molecule has 1 aromatic heterocycles. The fourth-order valence-corrected chi connectivity index (χ4v) is 4.16. The summed E-state index contributed by atoms with van der Waals surface area (Å²) in [6.45, 7) is 0.0121. The van der Waals surface area contributed by atoms with Crippen molar-refractivity contribution < 1.29 is 14.3 Å². The Morgan fingerprint density at radius 3 is 2.89 bits per heavy atom. The van der Waals surface area contributed by atoms with Gasteiger partial charge in [0.25, 0.3) is 11.8 Å². The van der Waals surface area contributed by atoms with Gasteiger partial charge < -0.3 is 20.4 Å². The molecule has 6 nitrogen and oxygen atoms in total. The number of aromatic amines is 1. The van der Waals surface area contributed by atoms with Gasteiger partial charge in [-0.3, -0.25) is 9.59 Å².